The van der Waals surface area contributed by atoms with Crippen LogP contribution in [0, 0.1) is 11.3 Å². The second-order valence-electron chi connectivity index (χ2n) is 11.6. The number of carboxylic acids is 1. The number of benzene rings is 1. The van der Waals surface area contributed by atoms with Crippen LogP contribution in [0.25, 0.3) is 0 Å². The molecule has 1 N–H and O–H groups in total. The number of carbonyl (C=O) groups is 2. The molecule has 1 aromatic carbocycles. The van der Waals surface area contributed by atoms with E-state index in [0.29, 0.717) is 24.8 Å². The molecule has 1 aliphatic heterocycles. The zero-order valence-electron chi connectivity index (χ0n) is 27.9. The SMILES string of the molecule is [2H]C([2H])([2H])C(CCCCCC)(c1cc(OC(=O)C(C)(C)C)c2c(c1)OC(C)(C)[C@@H]1CC=C(C(=O)O)C[C@@H]21)C([2H])([2H])[2H]. The molecule has 1 aliphatic carbocycles. The first-order chi connectivity index (χ1) is 18.7. The molecule has 0 spiro atoms. The summed E-state index contributed by atoms with van der Waals surface area (Å²) in [6, 6.07) is 2.87. The number of fused-ring (bicyclic) bond motifs is 3. The lowest BCUT2D eigenvalue weighted by atomic mass is 9.66. The van der Waals surface area contributed by atoms with Crippen LogP contribution in [0.2, 0.25) is 0 Å². The standard InChI is InChI=1S/C30H44O5/c1-9-10-11-12-15-29(5,6)20-17-23(34-27(33)28(2,3)4)25-21-16-19(26(31)32)13-14-22(21)30(7,8)35-24(25)18-20/h13,17-18,21-22H,9-12,14-16H2,1-8H3,(H,31,32)/t21-,22-/m1/s1/i5D3,6D3. The van der Waals surface area contributed by atoms with Gasteiger partial charge in [-0.05, 0) is 77.0 Å². The fourth-order valence-electron chi connectivity index (χ4n) is 5.10. The van der Waals surface area contributed by atoms with Crippen LogP contribution >= 0.6 is 0 Å². The Kier molecular flexibility index (Phi) is 5.66. The maximum atomic E-state index is 13.2. The van der Waals surface area contributed by atoms with E-state index >= 15 is 0 Å². The molecule has 0 fully saturated rings. The van der Waals surface area contributed by atoms with E-state index in [1.807, 2.05) is 20.8 Å². The molecule has 194 valence electrons. The lowest BCUT2D eigenvalue weighted by molar-refractivity contribution is -0.143. The second kappa shape index (κ2) is 9.99. The highest BCUT2D eigenvalue weighted by molar-refractivity contribution is 5.87. The van der Waals surface area contributed by atoms with Gasteiger partial charge in [0.15, 0.2) is 0 Å². The number of ether oxygens (including phenoxy) is 2. The van der Waals surface area contributed by atoms with Crippen molar-refractivity contribution in [1.29, 1.82) is 0 Å². The monoisotopic (exact) mass is 490 g/mol. The van der Waals surface area contributed by atoms with Gasteiger partial charge in [0.05, 0.1) is 5.41 Å². The summed E-state index contributed by atoms with van der Waals surface area (Å²) in [4.78, 5) is 25.1. The van der Waals surface area contributed by atoms with Gasteiger partial charge in [-0.1, -0.05) is 52.4 Å². The highest BCUT2D eigenvalue weighted by atomic mass is 16.5. The average molecular weight is 491 g/mol. The van der Waals surface area contributed by atoms with Crippen LogP contribution in [0.15, 0.2) is 23.8 Å². The Bertz CT molecular complexity index is 1180. The van der Waals surface area contributed by atoms with Gasteiger partial charge in [-0.3, -0.25) is 4.79 Å². The zero-order valence-corrected chi connectivity index (χ0v) is 21.9. The lowest BCUT2D eigenvalue weighted by Crippen LogP contribution is -2.46. The largest absolute Gasteiger partial charge is 0.487 e. The van der Waals surface area contributed by atoms with E-state index in [1.54, 1.807) is 26.8 Å². The summed E-state index contributed by atoms with van der Waals surface area (Å²) in [5.41, 5.74) is -3.23. The first kappa shape index (κ1) is 19.8. The van der Waals surface area contributed by atoms with Crippen LogP contribution in [-0.4, -0.2) is 22.6 Å². The second-order valence-corrected chi connectivity index (χ2v) is 11.6. The number of hydrogen-bond acceptors (Lipinski definition) is 4. The predicted octanol–water partition coefficient (Wildman–Crippen LogP) is 7.56. The van der Waals surface area contributed by atoms with Gasteiger partial charge in [0.25, 0.3) is 0 Å². The summed E-state index contributed by atoms with van der Waals surface area (Å²) in [6.45, 7) is 5.00. The minimum atomic E-state index is -2.92. The molecule has 2 aliphatic rings. The van der Waals surface area contributed by atoms with E-state index < -0.39 is 48.0 Å². The Labute approximate surface area is 219 Å². The molecule has 5 nitrogen and oxygen atoms in total. The highest BCUT2D eigenvalue weighted by Gasteiger charge is 2.47. The van der Waals surface area contributed by atoms with Gasteiger partial charge in [0.2, 0.25) is 0 Å². The molecule has 1 heterocycles. The van der Waals surface area contributed by atoms with Crippen molar-refractivity contribution < 1.29 is 32.4 Å². The number of allylic oxidation sites excluding steroid dienone is 1. The van der Waals surface area contributed by atoms with E-state index in [1.165, 1.54) is 12.1 Å². The smallest absolute Gasteiger partial charge is 0.331 e. The van der Waals surface area contributed by atoms with Crippen molar-refractivity contribution in [2.75, 3.05) is 0 Å². The molecule has 2 atom stereocenters. The Morgan fingerprint density at radius 2 is 1.91 bits per heavy atom. The summed E-state index contributed by atoms with van der Waals surface area (Å²) in [7, 11) is 0. The van der Waals surface area contributed by atoms with Gasteiger partial charge in [-0.15, -0.1) is 0 Å². The van der Waals surface area contributed by atoms with Gasteiger partial charge >= 0.3 is 11.9 Å². The molecule has 0 radical (unpaired) electrons. The van der Waals surface area contributed by atoms with Crippen LogP contribution in [0.5, 0.6) is 11.5 Å². The van der Waals surface area contributed by atoms with E-state index in [9.17, 15) is 14.7 Å². The number of carbonyl (C=O) groups excluding carboxylic acids is 1. The minimum absolute atomic E-state index is 0.00326. The van der Waals surface area contributed by atoms with Crippen molar-refractivity contribution in [3.63, 3.8) is 0 Å². The third-order valence-corrected chi connectivity index (χ3v) is 7.27. The molecule has 0 saturated carbocycles. The van der Waals surface area contributed by atoms with Gasteiger partial charge in [-0.25, -0.2) is 4.79 Å². The van der Waals surface area contributed by atoms with Crippen LogP contribution in [0.3, 0.4) is 0 Å². The van der Waals surface area contributed by atoms with Crippen molar-refractivity contribution in [1.82, 2.24) is 0 Å². The Morgan fingerprint density at radius 3 is 2.51 bits per heavy atom. The maximum absolute atomic E-state index is 13.2. The summed E-state index contributed by atoms with van der Waals surface area (Å²) in [5, 5.41) is 9.77. The predicted molar refractivity (Wildman–Crippen MR) is 139 cm³/mol. The molecule has 5 heteroatoms. The van der Waals surface area contributed by atoms with Crippen LogP contribution in [0.4, 0.5) is 0 Å². The number of rotatable bonds is 8. The van der Waals surface area contributed by atoms with Gasteiger partial charge in [-0.2, -0.15) is 0 Å². The molecule has 0 saturated heterocycles. The minimum Gasteiger partial charge on any atom is -0.487 e. The molecular weight excluding hydrogens is 440 g/mol. The highest BCUT2D eigenvalue weighted by Crippen LogP contribution is 2.55. The lowest BCUT2D eigenvalue weighted by Gasteiger charge is -2.47. The molecule has 3 rings (SSSR count). The Morgan fingerprint density at radius 1 is 1.20 bits per heavy atom. The van der Waals surface area contributed by atoms with E-state index in [0.717, 1.165) is 12.8 Å². The zero-order chi connectivity index (χ0) is 31.2. The number of aliphatic carboxylic acids is 1. The Hall–Kier alpha value is -2.30. The van der Waals surface area contributed by atoms with Crippen molar-refractivity contribution in [2.24, 2.45) is 11.3 Å². The molecule has 0 aromatic heterocycles. The summed E-state index contributed by atoms with van der Waals surface area (Å²) < 4.78 is 63.5. The maximum Gasteiger partial charge on any atom is 0.331 e. The summed E-state index contributed by atoms with van der Waals surface area (Å²) in [5.74, 6) is -1.92. The van der Waals surface area contributed by atoms with E-state index in [4.69, 9.17) is 17.7 Å². The van der Waals surface area contributed by atoms with E-state index in [-0.39, 0.29) is 41.4 Å². The quantitative estimate of drug-likeness (QED) is 0.231. The number of carboxylic acid groups (broad SMARTS) is 1. The molecular formula is C30H44O5. The third kappa shape index (κ3) is 5.92. The topological polar surface area (TPSA) is 72.8 Å². The van der Waals surface area contributed by atoms with Crippen molar-refractivity contribution in [3.05, 3.63) is 34.9 Å². The van der Waals surface area contributed by atoms with Crippen molar-refractivity contribution >= 4 is 11.9 Å². The molecule has 0 bridgehead atoms. The summed E-state index contributed by atoms with van der Waals surface area (Å²) in [6.07, 6.45) is 4.99. The van der Waals surface area contributed by atoms with Crippen LogP contribution in [-0.2, 0) is 15.0 Å². The van der Waals surface area contributed by atoms with Gasteiger partial charge in [0.1, 0.15) is 17.1 Å². The number of unbranched alkanes of at least 4 members (excludes halogenated alkanes) is 3. The van der Waals surface area contributed by atoms with Crippen LogP contribution < -0.4 is 9.47 Å². The van der Waals surface area contributed by atoms with E-state index in [2.05, 4.69) is 0 Å². The third-order valence-electron chi connectivity index (χ3n) is 7.27. The Balaban J connectivity index is 2.35. The van der Waals surface area contributed by atoms with Gasteiger partial charge < -0.3 is 14.6 Å². The average Bonchev–Trinajstić information content (AvgIpc) is 2.80. The fraction of sp³-hybridized carbons (Fsp3) is 0.667. The molecule has 1 aromatic rings. The van der Waals surface area contributed by atoms with Crippen molar-refractivity contribution in [2.45, 2.75) is 117 Å². The number of hydrogen-bond donors (Lipinski definition) is 1. The molecule has 35 heavy (non-hydrogen) atoms. The normalized spacial score (nSPS) is 24.6. The molecule has 0 unspecified atom stereocenters. The first-order valence-electron chi connectivity index (χ1n) is 15.7. The fourth-order valence-corrected chi connectivity index (χ4v) is 5.10. The summed E-state index contributed by atoms with van der Waals surface area (Å²) >= 11 is 0. The number of esters is 1. The van der Waals surface area contributed by atoms with Crippen LogP contribution in [0.1, 0.15) is 125 Å². The first-order valence-corrected chi connectivity index (χ1v) is 12.7. The van der Waals surface area contributed by atoms with Crippen molar-refractivity contribution in [3.8, 4) is 11.5 Å². The molecule has 0 amide bonds. The van der Waals surface area contributed by atoms with Gasteiger partial charge in [0, 0.05) is 31.2 Å².